The highest BCUT2D eigenvalue weighted by Crippen LogP contribution is 2.48. The van der Waals surface area contributed by atoms with Crippen LogP contribution >= 0.6 is 0 Å². The molecule has 0 spiro atoms. The lowest BCUT2D eigenvalue weighted by molar-refractivity contribution is 0.653. The van der Waals surface area contributed by atoms with Gasteiger partial charge >= 0.3 is 0 Å². The van der Waals surface area contributed by atoms with Crippen LogP contribution in [0.15, 0.2) is 121 Å². The van der Waals surface area contributed by atoms with E-state index in [-0.39, 0.29) is 5.41 Å². The topological polar surface area (TPSA) is 0 Å². The number of fused-ring (bicyclic) bond motifs is 1. The highest BCUT2D eigenvalue weighted by atomic mass is 14.4. The van der Waals surface area contributed by atoms with E-state index in [0.717, 1.165) is 6.42 Å². The Morgan fingerprint density at radius 1 is 0.886 bits per heavy atom. The SMILES string of the molecule is C=CC1=C(C=C(C)C)C(C)(C)c2cc(C3=CCC(c4ccc(-c5ccccc5)cc4)C=C3)ccc21. The lowest BCUT2D eigenvalue weighted by atomic mass is 9.79. The fourth-order valence-corrected chi connectivity index (χ4v) is 5.50. The highest BCUT2D eigenvalue weighted by Gasteiger charge is 2.35. The van der Waals surface area contributed by atoms with Crippen LogP contribution in [0.4, 0.5) is 0 Å². The second kappa shape index (κ2) is 9.19. The van der Waals surface area contributed by atoms with Crippen molar-refractivity contribution in [2.75, 3.05) is 0 Å². The summed E-state index contributed by atoms with van der Waals surface area (Å²) in [5, 5.41) is 0. The molecule has 3 aromatic rings. The Kier molecular flexibility index (Phi) is 6.07. The monoisotopic (exact) mass is 454 g/mol. The van der Waals surface area contributed by atoms with Gasteiger partial charge in [0.25, 0.3) is 0 Å². The molecule has 2 aliphatic carbocycles. The Morgan fingerprint density at radius 2 is 1.57 bits per heavy atom. The second-order valence-electron chi connectivity index (χ2n) is 10.5. The molecule has 0 saturated heterocycles. The summed E-state index contributed by atoms with van der Waals surface area (Å²) < 4.78 is 0. The summed E-state index contributed by atoms with van der Waals surface area (Å²) in [4.78, 5) is 0. The van der Waals surface area contributed by atoms with Crippen molar-refractivity contribution < 1.29 is 0 Å². The summed E-state index contributed by atoms with van der Waals surface area (Å²) in [6.07, 6.45) is 12.4. The van der Waals surface area contributed by atoms with Crippen molar-refractivity contribution in [3.63, 3.8) is 0 Å². The van der Waals surface area contributed by atoms with Crippen LogP contribution in [0.2, 0.25) is 0 Å². The third-order valence-corrected chi connectivity index (χ3v) is 7.46. The molecule has 0 saturated carbocycles. The largest absolute Gasteiger partial charge is 0.0984 e. The van der Waals surface area contributed by atoms with Crippen molar-refractivity contribution in [2.45, 2.75) is 45.4 Å². The minimum atomic E-state index is -0.0336. The normalized spacial score (nSPS) is 18.2. The zero-order valence-corrected chi connectivity index (χ0v) is 21.3. The van der Waals surface area contributed by atoms with Crippen LogP contribution in [0.3, 0.4) is 0 Å². The molecule has 2 aliphatic rings. The molecule has 0 amide bonds. The van der Waals surface area contributed by atoms with Gasteiger partial charge in [-0.2, -0.15) is 0 Å². The second-order valence-corrected chi connectivity index (χ2v) is 10.5. The van der Waals surface area contributed by atoms with Crippen LogP contribution in [-0.4, -0.2) is 0 Å². The van der Waals surface area contributed by atoms with Gasteiger partial charge < -0.3 is 0 Å². The van der Waals surface area contributed by atoms with E-state index in [1.807, 2.05) is 6.08 Å². The smallest absolute Gasteiger partial charge is 0.0159 e. The Bertz CT molecular complexity index is 1380. The first kappa shape index (κ1) is 23.1. The average Bonchev–Trinajstić information content (AvgIpc) is 3.09. The summed E-state index contributed by atoms with van der Waals surface area (Å²) in [6, 6.07) is 26.6. The summed E-state index contributed by atoms with van der Waals surface area (Å²) in [5.74, 6) is 0.424. The van der Waals surface area contributed by atoms with E-state index in [9.17, 15) is 0 Å². The molecule has 0 aliphatic heterocycles. The number of benzene rings is 3. The Hall–Kier alpha value is -3.64. The van der Waals surface area contributed by atoms with Gasteiger partial charge in [0, 0.05) is 11.3 Å². The van der Waals surface area contributed by atoms with E-state index in [1.165, 1.54) is 55.7 Å². The van der Waals surface area contributed by atoms with E-state index < -0.39 is 0 Å². The van der Waals surface area contributed by atoms with E-state index in [4.69, 9.17) is 0 Å². The van der Waals surface area contributed by atoms with E-state index in [0.29, 0.717) is 5.92 Å². The van der Waals surface area contributed by atoms with Gasteiger partial charge in [0.1, 0.15) is 0 Å². The van der Waals surface area contributed by atoms with Crippen molar-refractivity contribution >= 4 is 11.1 Å². The van der Waals surface area contributed by atoms with E-state index in [2.05, 4.69) is 131 Å². The summed E-state index contributed by atoms with van der Waals surface area (Å²) in [6.45, 7) is 13.1. The van der Waals surface area contributed by atoms with Gasteiger partial charge in [-0.3, -0.25) is 0 Å². The molecule has 174 valence electrons. The van der Waals surface area contributed by atoms with Crippen LogP contribution in [0.25, 0.3) is 22.3 Å². The van der Waals surface area contributed by atoms with E-state index >= 15 is 0 Å². The lowest BCUT2D eigenvalue weighted by Gasteiger charge is -2.24. The molecule has 1 atom stereocenters. The van der Waals surface area contributed by atoms with Crippen LogP contribution < -0.4 is 0 Å². The maximum absolute atomic E-state index is 4.13. The van der Waals surface area contributed by atoms with Crippen molar-refractivity contribution in [1.82, 2.24) is 0 Å². The molecule has 0 N–H and O–H groups in total. The van der Waals surface area contributed by atoms with Crippen molar-refractivity contribution in [3.8, 4) is 11.1 Å². The van der Waals surface area contributed by atoms with Gasteiger partial charge in [0.05, 0.1) is 0 Å². The Morgan fingerprint density at radius 3 is 2.20 bits per heavy atom. The fourth-order valence-electron chi connectivity index (χ4n) is 5.50. The highest BCUT2D eigenvalue weighted by molar-refractivity contribution is 5.89. The van der Waals surface area contributed by atoms with E-state index in [1.54, 1.807) is 0 Å². The molecule has 35 heavy (non-hydrogen) atoms. The molecule has 5 rings (SSSR count). The minimum Gasteiger partial charge on any atom is -0.0984 e. The molecule has 0 bridgehead atoms. The predicted octanol–water partition coefficient (Wildman–Crippen LogP) is 9.68. The summed E-state index contributed by atoms with van der Waals surface area (Å²) in [7, 11) is 0. The molecular formula is C35H34. The first-order chi connectivity index (χ1) is 16.9. The number of allylic oxidation sites excluding steroid dienone is 9. The number of hydrogen-bond donors (Lipinski definition) is 0. The van der Waals surface area contributed by atoms with Gasteiger partial charge in [0.2, 0.25) is 0 Å². The summed E-state index contributed by atoms with van der Waals surface area (Å²) >= 11 is 0. The molecule has 0 radical (unpaired) electrons. The third-order valence-electron chi connectivity index (χ3n) is 7.46. The van der Waals surface area contributed by atoms with Crippen LogP contribution in [-0.2, 0) is 5.41 Å². The van der Waals surface area contributed by atoms with Gasteiger partial charge in [-0.25, -0.2) is 0 Å². The van der Waals surface area contributed by atoms with Crippen LogP contribution in [0, 0.1) is 0 Å². The van der Waals surface area contributed by atoms with Gasteiger partial charge in [-0.1, -0.05) is 123 Å². The average molecular weight is 455 g/mol. The van der Waals surface area contributed by atoms with Crippen molar-refractivity contribution in [3.05, 3.63) is 143 Å². The van der Waals surface area contributed by atoms with Crippen molar-refractivity contribution in [1.29, 1.82) is 0 Å². The standard InChI is InChI=1S/C35H34/c1-6-31-32-21-20-30(23-34(32)35(4,5)33(31)22-24(2)3)29-18-16-28(17-19-29)27-14-12-26(13-15-27)25-10-8-7-9-11-25/h6-16,18-23,28H,1,17H2,2-5H3. The lowest BCUT2D eigenvalue weighted by Crippen LogP contribution is -2.16. The van der Waals surface area contributed by atoms with Gasteiger partial charge in [0.15, 0.2) is 0 Å². The molecular weight excluding hydrogens is 420 g/mol. The maximum Gasteiger partial charge on any atom is 0.0159 e. The predicted molar refractivity (Wildman–Crippen MR) is 152 cm³/mol. The quantitative estimate of drug-likeness (QED) is 0.360. The van der Waals surface area contributed by atoms with Crippen LogP contribution in [0.1, 0.15) is 62.3 Å². The van der Waals surface area contributed by atoms with Crippen molar-refractivity contribution in [2.24, 2.45) is 0 Å². The first-order valence-electron chi connectivity index (χ1n) is 12.6. The molecule has 0 heterocycles. The minimum absolute atomic E-state index is 0.0336. The van der Waals surface area contributed by atoms with Gasteiger partial charge in [-0.15, -0.1) is 0 Å². The molecule has 0 fully saturated rings. The molecule has 0 aromatic heterocycles. The Balaban J connectivity index is 1.37. The zero-order valence-electron chi connectivity index (χ0n) is 21.3. The number of rotatable bonds is 5. The molecule has 1 unspecified atom stereocenters. The molecule has 0 heteroatoms. The maximum atomic E-state index is 4.13. The number of hydrogen-bond acceptors (Lipinski definition) is 0. The molecule has 0 nitrogen and oxygen atoms in total. The zero-order chi connectivity index (χ0) is 24.6. The summed E-state index contributed by atoms with van der Waals surface area (Å²) in [5.41, 5.74) is 13.2. The van der Waals surface area contributed by atoms with Gasteiger partial charge in [-0.05, 0) is 76.4 Å². The third kappa shape index (κ3) is 4.30. The fraction of sp³-hybridized carbons (Fsp3) is 0.200. The Labute approximate surface area is 210 Å². The van der Waals surface area contributed by atoms with Crippen LogP contribution in [0.5, 0.6) is 0 Å². The molecule has 3 aromatic carbocycles. The first-order valence-corrected chi connectivity index (χ1v) is 12.6.